The summed E-state index contributed by atoms with van der Waals surface area (Å²) in [5.74, 6) is 0.319. The van der Waals surface area contributed by atoms with Crippen LogP contribution in [0.2, 0.25) is 0 Å². The number of halogens is 1. The zero-order valence-electron chi connectivity index (χ0n) is 6.53. The summed E-state index contributed by atoms with van der Waals surface area (Å²) in [5.41, 5.74) is -0.328. The summed E-state index contributed by atoms with van der Waals surface area (Å²) in [5, 5.41) is 0. The van der Waals surface area contributed by atoms with Crippen molar-refractivity contribution < 1.29 is 4.79 Å². The van der Waals surface area contributed by atoms with Crippen LogP contribution in [0.3, 0.4) is 0 Å². The van der Waals surface area contributed by atoms with Crippen molar-refractivity contribution >= 4 is 24.1 Å². The number of hydrogen-bond donors (Lipinski definition) is 0. The Kier molecular flexibility index (Phi) is 3.06. The molecule has 0 aromatic heterocycles. The first kappa shape index (κ1) is 8.72. The maximum Gasteiger partial charge on any atom is 0.133 e. The molecule has 1 aliphatic heterocycles. The summed E-state index contributed by atoms with van der Waals surface area (Å²) in [6, 6.07) is 0. The zero-order valence-corrected chi connectivity index (χ0v) is 7.29. The van der Waals surface area contributed by atoms with Crippen LogP contribution in [0.15, 0.2) is 4.99 Å². The van der Waals surface area contributed by atoms with E-state index in [0.29, 0.717) is 5.92 Å². The van der Waals surface area contributed by atoms with Gasteiger partial charge in [-0.05, 0) is 12.3 Å². The van der Waals surface area contributed by atoms with E-state index >= 15 is 0 Å². The molecule has 0 fully saturated rings. The fourth-order valence-corrected chi connectivity index (χ4v) is 1.74. The normalized spacial score (nSPS) is 37.1. The van der Waals surface area contributed by atoms with E-state index < -0.39 is 0 Å². The van der Waals surface area contributed by atoms with Crippen LogP contribution in [-0.2, 0) is 4.79 Å². The minimum absolute atomic E-state index is 0.0772. The van der Waals surface area contributed by atoms with Crippen LogP contribution >= 0.6 is 11.6 Å². The average Bonchev–Trinajstić information content (AvgIpc) is 2.04. The Labute approximate surface area is 71.6 Å². The van der Waals surface area contributed by atoms with Gasteiger partial charge in [-0.3, -0.25) is 4.99 Å². The molecule has 3 heteroatoms. The van der Waals surface area contributed by atoms with Crippen LogP contribution in [-0.4, -0.2) is 18.0 Å². The summed E-state index contributed by atoms with van der Waals surface area (Å²) in [6.07, 6.45) is 4.65. The van der Waals surface area contributed by atoms with Gasteiger partial charge >= 0.3 is 0 Å². The van der Waals surface area contributed by atoms with Crippen LogP contribution in [0, 0.1) is 11.8 Å². The van der Waals surface area contributed by atoms with Crippen molar-refractivity contribution in [2.75, 3.05) is 0 Å². The molecule has 3 atom stereocenters. The predicted octanol–water partition coefficient (Wildman–Crippen LogP) is 1.87. The number of aliphatic imine (C=N–C) groups is 1. The van der Waals surface area contributed by atoms with E-state index in [9.17, 15) is 4.79 Å². The van der Waals surface area contributed by atoms with Gasteiger partial charge in [-0.25, -0.2) is 0 Å². The second-order valence-corrected chi connectivity index (χ2v) is 3.27. The molecule has 0 radical (unpaired) electrons. The van der Waals surface area contributed by atoms with E-state index in [1.165, 1.54) is 0 Å². The molecule has 0 saturated heterocycles. The molecule has 11 heavy (non-hydrogen) atoms. The van der Waals surface area contributed by atoms with Crippen molar-refractivity contribution in [3.05, 3.63) is 0 Å². The van der Waals surface area contributed by atoms with Gasteiger partial charge in [-0.1, -0.05) is 24.9 Å². The predicted molar refractivity (Wildman–Crippen MR) is 46.1 cm³/mol. The lowest BCUT2D eigenvalue weighted by atomic mass is 9.87. The Bertz CT molecular complexity index is 169. The van der Waals surface area contributed by atoms with Crippen LogP contribution < -0.4 is 0 Å². The van der Waals surface area contributed by atoms with Crippen molar-refractivity contribution in [1.29, 1.82) is 0 Å². The minimum atomic E-state index is -0.328. The third-order valence-corrected chi connectivity index (χ3v) is 2.60. The van der Waals surface area contributed by atoms with Crippen LogP contribution in [0.25, 0.3) is 0 Å². The number of alkyl halides is 1. The summed E-state index contributed by atoms with van der Waals surface area (Å²) < 4.78 is 0. The molecule has 1 heterocycles. The highest BCUT2D eigenvalue weighted by atomic mass is 35.5. The molecule has 0 saturated carbocycles. The molecule has 0 N–H and O–H groups in total. The molecule has 62 valence electrons. The summed E-state index contributed by atoms with van der Waals surface area (Å²) in [4.78, 5) is 14.6. The lowest BCUT2D eigenvalue weighted by Crippen LogP contribution is -2.28. The second kappa shape index (κ2) is 3.86. The maximum absolute atomic E-state index is 10.6. The number of nitrogens with zero attached hydrogens (tertiary/aromatic N) is 1. The Morgan fingerprint density at radius 3 is 3.00 bits per heavy atom. The monoisotopic (exact) mass is 173 g/mol. The lowest BCUT2D eigenvalue weighted by Gasteiger charge is -2.25. The van der Waals surface area contributed by atoms with E-state index in [0.717, 1.165) is 19.1 Å². The molecule has 0 aromatic rings. The van der Waals surface area contributed by atoms with E-state index in [1.54, 1.807) is 0 Å². The van der Waals surface area contributed by atoms with Gasteiger partial charge in [0.05, 0.1) is 5.92 Å². The Morgan fingerprint density at radius 1 is 1.82 bits per heavy atom. The number of rotatable bonds is 2. The largest absolute Gasteiger partial charge is 0.303 e. The van der Waals surface area contributed by atoms with Gasteiger partial charge < -0.3 is 4.79 Å². The van der Waals surface area contributed by atoms with E-state index in [2.05, 4.69) is 11.9 Å². The highest BCUT2D eigenvalue weighted by Crippen LogP contribution is 2.27. The third kappa shape index (κ3) is 1.80. The van der Waals surface area contributed by atoms with Crippen molar-refractivity contribution in [2.45, 2.75) is 25.3 Å². The molecule has 3 unspecified atom stereocenters. The van der Waals surface area contributed by atoms with Gasteiger partial charge in [0.25, 0.3) is 0 Å². The Morgan fingerprint density at radius 2 is 2.55 bits per heavy atom. The zero-order chi connectivity index (χ0) is 8.27. The molecule has 0 bridgehead atoms. The first-order chi connectivity index (χ1) is 5.29. The standard InChI is InChI=1S/C8H12ClNO/c1-2-6-3-4-10-8(9)7(6)5-11/h4-8H,2-3H2,1H3. The van der Waals surface area contributed by atoms with Crippen molar-refractivity contribution in [3.63, 3.8) is 0 Å². The Hall–Kier alpha value is -0.370. The quantitative estimate of drug-likeness (QED) is 0.356. The number of carbonyl (C=O) groups excluding carboxylic acids is 1. The van der Waals surface area contributed by atoms with Crippen molar-refractivity contribution in [2.24, 2.45) is 16.8 Å². The smallest absolute Gasteiger partial charge is 0.133 e. The SMILES string of the molecule is CCC1CC=NC(Cl)C1C=O. The van der Waals surface area contributed by atoms with E-state index in [4.69, 9.17) is 11.6 Å². The van der Waals surface area contributed by atoms with Crippen molar-refractivity contribution in [1.82, 2.24) is 0 Å². The molecular formula is C8H12ClNO. The maximum atomic E-state index is 10.6. The summed E-state index contributed by atoms with van der Waals surface area (Å²) in [6.45, 7) is 2.07. The fraction of sp³-hybridized carbons (Fsp3) is 0.750. The highest BCUT2D eigenvalue weighted by molar-refractivity contribution is 6.22. The first-order valence-corrected chi connectivity index (χ1v) is 4.34. The van der Waals surface area contributed by atoms with E-state index in [-0.39, 0.29) is 11.4 Å². The van der Waals surface area contributed by atoms with Crippen LogP contribution in [0.1, 0.15) is 19.8 Å². The molecule has 0 aromatic carbocycles. The topological polar surface area (TPSA) is 29.4 Å². The first-order valence-electron chi connectivity index (χ1n) is 3.90. The fourth-order valence-electron chi connectivity index (χ4n) is 1.39. The minimum Gasteiger partial charge on any atom is -0.303 e. The van der Waals surface area contributed by atoms with Gasteiger partial charge in [0, 0.05) is 6.21 Å². The van der Waals surface area contributed by atoms with Gasteiger partial charge in [0.1, 0.15) is 11.8 Å². The molecule has 2 nitrogen and oxygen atoms in total. The molecule has 0 aliphatic carbocycles. The van der Waals surface area contributed by atoms with Crippen LogP contribution in [0.4, 0.5) is 0 Å². The molecule has 1 aliphatic rings. The summed E-state index contributed by atoms with van der Waals surface area (Å²) >= 11 is 5.83. The molecule has 0 amide bonds. The van der Waals surface area contributed by atoms with E-state index in [1.807, 2.05) is 6.21 Å². The van der Waals surface area contributed by atoms with Crippen LogP contribution in [0.5, 0.6) is 0 Å². The van der Waals surface area contributed by atoms with Gasteiger partial charge in [-0.15, -0.1) is 0 Å². The lowest BCUT2D eigenvalue weighted by molar-refractivity contribution is -0.112. The average molecular weight is 174 g/mol. The third-order valence-electron chi connectivity index (χ3n) is 2.20. The number of carbonyl (C=O) groups is 1. The van der Waals surface area contributed by atoms with Crippen molar-refractivity contribution in [3.8, 4) is 0 Å². The van der Waals surface area contributed by atoms with Gasteiger partial charge in [-0.2, -0.15) is 0 Å². The van der Waals surface area contributed by atoms with Gasteiger partial charge in [0.2, 0.25) is 0 Å². The molecule has 0 spiro atoms. The molecule has 1 rings (SSSR count). The second-order valence-electron chi connectivity index (χ2n) is 2.82. The molecular weight excluding hydrogens is 162 g/mol. The highest BCUT2D eigenvalue weighted by Gasteiger charge is 2.28. The Balaban J connectivity index is 2.67. The van der Waals surface area contributed by atoms with Gasteiger partial charge in [0.15, 0.2) is 0 Å². The number of hydrogen-bond acceptors (Lipinski definition) is 2. The number of aldehydes is 1. The summed E-state index contributed by atoms with van der Waals surface area (Å²) in [7, 11) is 0.